The Labute approximate surface area is 134 Å². The molecular weight excluding hydrogens is 270 g/mol. The van der Waals surface area contributed by atoms with Gasteiger partial charge in [0, 0.05) is 0 Å². The van der Waals surface area contributed by atoms with E-state index in [1.54, 1.807) is 0 Å². The summed E-state index contributed by atoms with van der Waals surface area (Å²) in [5, 5.41) is 0. The zero-order valence-electron chi connectivity index (χ0n) is 13.7. The normalized spacial score (nSPS) is 12.1. The quantitative estimate of drug-likeness (QED) is 0.759. The highest BCUT2D eigenvalue weighted by Gasteiger charge is 2.12. The van der Waals surface area contributed by atoms with Gasteiger partial charge in [-0.3, -0.25) is 0 Å². The maximum Gasteiger partial charge on any atom is 0.120 e. The number of ether oxygens (including phenoxy) is 1. The lowest BCUT2D eigenvalue weighted by molar-refractivity contribution is 0.306. The highest BCUT2D eigenvalue weighted by Crippen LogP contribution is 2.29. The molecule has 2 rings (SSSR count). The van der Waals surface area contributed by atoms with Crippen molar-refractivity contribution in [1.82, 2.24) is 0 Å². The number of benzene rings is 2. The van der Waals surface area contributed by atoms with Crippen LogP contribution in [0.25, 0.3) is 0 Å². The van der Waals surface area contributed by atoms with Gasteiger partial charge in [0.15, 0.2) is 0 Å². The van der Waals surface area contributed by atoms with Crippen LogP contribution in [0.3, 0.4) is 0 Å². The summed E-state index contributed by atoms with van der Waals surface area (Å²) in [6, 6.07) is 16.7. The number of hydrogen-bond donors (Lipinski definition) is 1. The summed E-state index contributed by atoms with van der Waals surface area (Å²) in [4.78, 5) is 0. The van der Waals surface area contributed by atoms with Crippen LogP contribution in [0.1, 0.15) is 48.8 Å². The largest absolute Gasteiger partial charge is 0.489 e. The fraction of sp³-hybridized carbons (Fsp3) is 0.400. The van der Waals surface area contributed by atoms with Crippen LogP contribution in [0.15, 0.2) is 48.5 Å². The third-order valence-corrected chi connectivity index (χ3v) is 4.18. The van der Waals surface area contributed by atoms with Crippen molar-refractivity contribution < 1.29 is 4.74 Å². The predicted octanol–water partition coefficient (Wildman–Crippen LogP) is 4.81. The predicted molar refractivity (Wildman–Crippen MR) is 93.3 cm³/mol. The number of rotatable bonds is 8. The maximum atomic E-state index is 5.90. The van der Waals surface area contributed by atoms with Crippen molar-refractivity contribution in [3.8, 4) is 5.75 Å². The minimum atomic E-state index is 0.603. The van der Waals surface area contributed by atoms with Crippen molar-refractivity contribution in [2.24, 2.45) is 5.73 Å². The fourth-order valence-electron chi connectivity index (χ4n) is 2.88. The molecule has 0 saturated carbocycles. The summed E-state index contributed by atoms with van der Waals surface area (Å²) in [5.41, 5.74) is 9.59. The van der Waals surface area contributed by atoms with Crippen molar-refractivity contribution in [1.29, 1.82) is 0 Å². The highest BCUT2D eigenvalue weighted by atomic mass is 16.5. The van der Waals surface area contributed by atoms with Crippen LogP contribution < -0.4 is 10.5 Å². The molecule has 0 heterocycles. The summed E-state index contributed by atoms with van der Waals surface area (Å²) < 4.78 is 5.90. The second kappa shape index (κ2) is 8.60. The van der Waals surface area contributed by atoms with Crippen molar-refractivity contribution >= 4 is 0 Å². The van der Waals surface area contributed by atoms with E-state index in [1.165, 1.54) is 16.7 Å². The van der Waals surface area contributed by atoms with Gasteiger partial charge < -0.3 is 10.5 Å². The van der Waals surface area contributed by atoms with E-state index in [0.717, 1.165) is 31.6 Å². The lowest BCUT2D eigenvalue weighted by atomic mass is 9.89. The topological polar surface area (TPSA) is 35.2 Å². The molecule has 0 fully saturated rings. The Morgan fingerprint density at radius 3 is 2.50 bits per heavy atom. The lowest BCUT2D eigenvalue weighted by Gasteiger charge is -2.18. The first-order chi connectivity index (χ1) is 10.7. The summed E-state index contributed by atoms with van der Waals surface area (Å²) >= 11 is 0. The summed E-state index contributed by atoms with van der Waals surface area (Å²) in [6.07, 6.45) is 3.41. The van der Waals surface area contributed by atoms with Crippen LogP contribution in [0, 0.1) is 6.92 Å². The molecule has 2 heteroatoms. The van der Waals surface area contributed by atoms with Gasteiger partial charge in [0.25, 0.3) is 0 Å². The van der Waals surface area contributed by atoms with Crippen LogP contribution in [-0.2, 0) is 6.61 Å². The van der Waals surface area contributed by atoms with E-state index in [2.05, 4.69) is 44.2 Å². The van der Waals surface area contributed by atoms with Crippen molar-refractivity contribution in [3.05, 3.63) is 65.2 Å². The van der Waals surface area contributed by atoms with Gasteiger partial charge in [-0.1, -0.05) is 43.3 Å². The van der Waals surface area contributed by atoms with E-state index in [1.807, 2.05) is 18.2 Å². The molecule has 0 spiro atoms. The summed E-state index contributed by atoms with van der Waals surface area (Å²) in [7, 11) is 0. The second-order valence-corrected chi connectivity index (χ2v) is 5.83. The molecule has 1 unspecified atom stereocenters. The molecule has 2 N–H and O–H groups in total. The molecule has 2 nitrogen and oxygen atoms in total. The Kier molecular flexibility index (Phi) is 6.47. The molecular formula is C20H27NO. The van der Waals surface area contributed by atoms with Crippen LogP contribution in [0.5, 0.6) is 5.75 Å². The van der Waals surface area contributed by atoms with E-state index in [0.29, 0.717) is 12.5 Å². The van der Waals surface area contributed by atoms with E-state index in [4.69, 9.17) is 10.5 Å². The zero-order chi connectivity index (χ0) is 15.8. The Bertz CT molecular complexity index is 565. The van der Waals surface area contributed by atoms with Crippen molar-refractivity contribution in [3.63, 3.8) is 0 Å². The van der Waals surface area contributed by atoms with E-state index in [9.17, 15) is 0 Å². The maximum absolute atomic E-state index is 5.90. The second-order valence-electron chi connectivity index (χ2n) is 5.83. The van der Waals surface area contributed by atoms with E-state index < -0.39 is 0 Å². The minimum Gasteiger partial charge on any atom is -0.489 e. The molecule has 22 heavy (non-hydrogen) atoms. The minimum absolute atomic E-state index is 0.603. The number of nitrogens with two attached hydrogens (primary N) is 1. The van der Waals surface area contributed by atoms with Crippen LogP contribution >= 0.6 is 0 Å². The zero-order valence-corrected chi connectivity index (χ0v) is 13.7. The molecule has 0 aliphatic carbocycles. The molecule has 1 atom stereocenters. The molecule has 0 saturated heterocycles. The smallest absolute Gasteiger partial charge is 0.120 e. The van der Waals surface area contributed by atoms with Gasteiger partial charge in [0.05, 0.1) is 0 Å². The molecule has 0 aliphatic heterocycles. The van der Waals surface area contributed by atoms with Crippen LogP contribution in [0.4, 0.5) is 0 Å². The SMILES string of the molecule is CCC(CCCN)c1ccc(OCc2ccccc2)cc1C. The first-order valence-electron chi connectivity index (χ1n) is 8.22. The Hall–Kier alpha value is -1.80. The first-order valence-corrected chi connectivity index (χ1v) is 8.22. The first kappa shape index (κ1) is 16.6. The highest BCUT2D eigenvalue weighted by molar-refractivity contribution is 5.37. The molecule has 0 aromatic heterocycles. The Morgan fingerprint density at radius 1 is 1.09 bits per heavy atom. The van der Waals surface area contributed by atoms with E-state index in [-0.39, 0.29) is 0 Å². The molecule has 0 radical (unpaired) electrons. The van der Waals surface area contributed by atoms with Gasteiger partial charge in [-0.25, -0.2) is 0 Å². The van der Waals surface area contributed by atoms with Crippen LogP contribution in [0.2, 0.25) is 0 Å². The number of aryl methyl sites for hydroxylation is 1. The van der Waals surface area contributed by atoms with Crippen molar-refractivity contribution in [2.75, 3.05) is 6.54 Å². The third-order valence-electron chi connectivity index (χ3n) is 4.18. The van der Waals surface area contributed by atoms with E-state index >= 15 is 0 Å². The summed E-state index contributed by atoms with van der Waals surface area (Å²) in [5.74, 6) is 1.55. The molecule has 2 aromatic rings. The van der Waals surface area contributed by atoms with Gasteiger partial charge in [-0.15, -0.1) is 0 Å². The lowest BCUT2D eigenvalue weighted by Crippen LogP contribution is -2.05. The molecule has 0 amide bonds. The number of hydrogen-bond acceptors (Lipinski definition) is 2. The van der Waals surface area contributed by atoms with Gasteiger partial charge in [-0.05, 0) is 67.5 Å². The van der Waals surface area contributed by atoms with Crippen molar-refractivity contribution in [2.45, 2.75) is 45.6 Å². The fourth-order valence-corrected chi connectivity index (χ4v) is 2.88. The van der Waals surface area contributed by atoms with Gasteiger partial charge in [-0.2, -0.15) is 0 Å². The summed E-state index contributed by atoms with van der Waals surface area (Å²) in [6.45, 7) is 5.81. The average Bonchev–Trinajstić information content (AvgIpc) is 2.56. The van der Waals surface area contributed by atoms with Gasteiger partial charge in [0.2, 0.25) is 0 Å². The standard InChI is InChI=1S/C20H27NO/c1-3-18(10-7-13-21)20-12-11-19(14-16(20)2)22-15-17-8-5-4-6-9-17/h4-6,8-9,11-12,14,18H,3,7,10,13,15,21H2,1-2H3. The molecule has 0 aliphatic rings. The van der Waals surface area contributed by atoms with Crippen LogP contribution in [-0.4, -0.2) is 6.54 Å². The third kappa shape index (κ3) is 4.60. The van der Waals surface area contributed by atoms with Gasteiger partial charge in [0.1, 0.15) is 12.4 Å². The Balaban J connectivity index is 2.02. The Morgan fingerprint density at radius 2 is 1.86 bits per heavy atom. The monoisotopic (exact) mass is 297 g/mol. The molecule has 2 aromatic carbocycles. The van der Waals surface area contributed by atoms with Gasteiger partial charge >= 0.3 is 0 Å². The molecule has 118 valence electrons. The molecule has 0 bridgehead atoms. The average molecular weight is 297 g/mol.